The van der Waals surface area contributed by atoms with Crippen LogP contribution < -0.4 is 0 Å². The average molecular weight is 361 g/mol. The van der Waals surface area contributed by atoms with Gasteiger partial charge in [0.25, 0.3) is 5.91 Å². The third-order valence-electron chi connectivity index (χ3n) is 5.34. The molecular formula is C19H19N7O. The summed E-state index contributed by atoms with van der Waals surface area (Å²) in [5.74, 6) is 1.40. The SMILES string of the molecule is Cc1cccc2[nH]c(C3CCN(C(=O)c4ccc5nnnn5c4)CC3)nc12. The summed E-state index contributed by atoms with van der Waals surface area (Å²) in [6, 6.07) is 9.73. The number of hydrogen-bond acceptors (Lipinski definition) is 5. The molecule has 8 heteroatoms. The van der Waals surface area contributed by atoms with Crippen molar-refractivity contribution >= 4 is 22.6 Å². The van der Waals surface area contributed by atoms with Crippen LogP contribution in [0.4, 0.5) is 0 Å². The third kappa shape index (κ3) is 2.73. The maximum absolute atomic E-state index is 12.8. The van der Waals surface area contributed by atoms with E-state index < -0.39 is 0 Å². The molecule has 0 bridgehead atoms. The van der Waals surface area contributed by atoms with Crippen molar-refractivity contribution < 1.29 is 4.79 Å². The van der Waals surface area contributed by atoms with E-state index in [4.69, 9.17) is 4.98 Å². The Labute approximate surface area is 155 Å². The first-order valence-electron chi connectivity index (χ1n) is 9.11. The lowest BCUT2D eigenvalue weighted by atomic mass is 9.96. The molecule has 1 saturated heterocycles. The van der Waals surface area contributed by atoms with Gasteiger partial charge in [0.05, 0.1) is 16.6 Å². The summed E-state index contributed by atoms with van der Waals surface area (Å²) in [5, 5.41) is 11.3. The molecule has 27 heavy (non-hydrogen) atoms. The Kier molecular flexibility index (Phi) is 3.63. The molecule has 8 nitrogen and oxygen atoms in total. The predicted molar refractivity (Wildman–Crippen MR) is 99.5 cm³/mol. The molecule has 0 aliphatic carbocycles. The zero-order valence-corrected chi connectivity index (χ0v) is 15.0. The fourth-order valence-corrected chi connectivity index (χ4v) is 3.79. The second kappa shape index (κ2) is 6.15. The van der Waals surface area contributed by atoms with Crippen molar-refractivity contribution in [1.82, 2.24) is 34.9 Å². The molecule has 3 aromatic heterocycles. The van der Waals surface area contributed by atoms with Gasteiger partial charge in [-0.05, 0) is 54.0 Å². The molecular weight excluding hydrogens is 342 g/mol. The molecule has 1 aromatic carbocycles. The molecule has 5 rings (SSSR count). The van der Waals surface area contributed by atoms with Gasteiger partial charge in [-0.25, -0.2) is 4.98 Å². The number of piperidine rings is 1. The maximum Gasteiger partial charge on any atom is 0.255 e. The molecule has 0 atom stereocenters. The largest absolute Gasteiger partial charge is 0.342 e. The predicted octanol–water partition coefficient (Wildman–Crippen LogP) is 2.33. The van der Waals surface area contributed by atoms with Crippen LogP contribution in [0.25, 0.3) is 16.7 Å². The van der Waals surface area contributed by atoms with Gasteiger partial charge >= 0.3 is 0 Å². The van der Waals surface area contributed by atoms with E-state index in [-0.39, 0.29) is 5.91 Å². The number of H-pyrrole nitrogens is 1. The highest BCUT2D eigenvalue weighted by molar-refractivity contribution is 5.94. The summed E-state index contributed by atoms with van der Waals surface area (Å²) >= 11 is 0. The zero-order valence-electron chi connectivity index (χ0n) is 15.0. The smallest absolute Gasteiger partial charge is 0.255 e. The molecule has 4 aromatic rings. The maximum atomic E-state index is 12.8. The van der Waals surface area contributed by atoms with E-state index in [1.54, 1.807) is 18.3 Å². The Morgan fingerprint density at radius 3 is 2.85 bits per heavy atom. The van der Waals surface area contributed by atoms with Crippen LogP contribution in [0.5, 0.6) is 0 Å². The number of tetrazole rings is 1. The van der Waals surface area contributed by atoms with Gasteiger partial charge in [-0.1, -0.05) is 12.1 Å². The lowest BCUT2D eigenvalue weighted by Crippen LogP contribution is -2.38. The first kappa shape index (κ1) is 15.9. The fraction of sp³-hybridized carbons (Fsp3) is 0.316. The third-order valence-corrected chi connectivity index (χ3v) is 5.34. The molecule has 136 valence electrons. The van der Waals surface area contributed by atoms with Crippen LogP contribution in [0.2, 0.25) is 0 Å². The average Bonchev–Trinajstić information content (AvgIpc) is 3.34. The monoisotopic (exact) mass is 361 g/mol. The van der Waals surface area contributed by atoms with Crippen LogP contribution in [0.3, 0.4) is 0 Å². The van der Waals surface area contributed by atoms with E-state index >= 15 is 0 Å². The number of imidazole rings is 1. The first-order chi connectivity index (χ1) is 13.2. The van der Waals surface area contributed by atoms with Crippen molar-refractivity contribution in [2.75, 3.05) is 13.1 Å². The normalized spacial score (nSPS) is 15.7. The standard InChI is InChI=1S/C19H19N7O/c1-12-3-2-4-15-17(12)21-18(20-15)13-7-9-25(10-8-13)19(27)14-5-6-16-22-23-24-26(16)11-14/h2-6,11,13H,7-10H2,1H3,(H,20,21). The first-order valence-corrected chi connectivity index (χ1v) is 9.11. The zero-order chi connectivity index (χ0) is 18.4. The number of nitrogens with one attached hydrogen (secondary N) is 1. The minimum Gasteiger partial charge on any atom is -0.342 e. The van der Waals surface area contributed by atoms with Crippen molar-refractivity contribution in [1.29, 1.82) is 0 Å². The van der Waals surface area contributed by atoms with Gasteiger partial charge in [0.1, 0.15) is 5.82 Å². The Balaban J connectivity index is 1.31. The molecule has 1 fully saturated rings. The number of aromatic amines is 1. The quantitative estimate of drug-likeness (QED) is 0.592. The summed E-state index contributed by atoms with van der Waals surface area (Å²) in [4.78, 5) is 23.0. The highest BCUT2D eigenvalue weighted by Crippen LogP contribution is 2.29. The van der Waals surface area contributed by atoms with E-state index in [1.807, 2.05) is 11.0 Å². The summed E-state index contributed by atoms with van der Waals surface area (Å²) in [6.07, 6.45) is 3.49. The molecule has 1 amide bonds. The Hall–Kier alpha value is -3.29. The number of aromatic nitrogens is 6. The number of carbonyl (C=O) groups excluding carboxylic acids is 1. The minimum atomic E-state index is 0.0197. The van der Waals surface area contributed by atoms with Gasteiger partial charge in [0, 0.05) is 25.2 Å². The van der Waals surface area contributed by atoms with Crippen LogP contribution in [0.1, 0.15) is 40.5 Å². The molecule has 0 unspecified atom stereocenters. The van der Waals surface area contributed by atoms with Gasteiger partial charge in [-0.15, -0.1) is 5.10 Å². The number of amides is 1. The summed E-state index contributed by atoms with van der Waals surface area (Å²) in [7, 11) is 0. The van der Waals surface area contributed by atoms with E-state index in [0.29, 0.717) is 30.2 Å². The molecule has 1 N–H and O–H groups in total. The van der Waals surface area contributed by atoms with Crippen molar-refractivity contribution in [3.8, 4) is 0 Å². The summed E-state index contributed by atoms with van der Waals surface area (Å²) in [6.45, 7) is 3.51. The van der Waals surface area contributed by atoms with Gasteiger partial charge in [-0.2, -0.15) is 4.52 Å². The van der Waals surface area contributed by atoms with Crippen molar-refractivity contribution in [2.24, 2.45) is 0 Å². The Morgan fingerprint density at radius 1 is 1.19 bits per heavy atom. The molecule has 0 spiro atoms. The van der Waals surface area contributed by atoms with Crippen molar-refractivity contribution in [2.45, 2.75) is 25.7 Å². The van der Waals surface area contributed by atoms with Crippen LogP contribution in [-0.4, -0.2) is 53.9 Å². The van der Waals surface area contributed by atoms with E-state index in [0.717, 1.165) is 29.7 Å². The topological polar surface area (TPSA) is 92.1 Å². The number of benzene rings is 1. The second-order valence-corrected chi connectivity index (χ2v) is 7.06. The number of nitrogens with zero attached hydrogens (tertiary/aromatic N) is 6. The number of para-hydroxylation sites is 1. The van der Waals surface area contributed by atoms with Gasteiger partial charge in [0.15, 0.2) is 5.65 Å². The van der Waals surface area contributed by atoms with Crippen molar-refractivity contribution in [3.05, 3.63) is 53.5 Å². The van der Waals surface area contributed by atoms with E-state index in [2.05, 4.69) is 39.6 Å². The fourth-order valence-electron chi connectivity index (χ4n) is 3.79. The lowest BCUT2D eigenvalue weighted by Gasteiger charge is -2.31. The molecule has 1 aliphatic heterocycles. The number of likely N-dealkylation sites (tertiary alicyclic amines) is 1. The van der Waals surface area contributed by atoms with Crippen LogP contribution >= 0.6 is 0 Å². The van der Waals surface area contributed by atoms with Crippen LogP contribution in [0.15, 0.2) is 36.5 Å². The van der Waals surface area contributed by atoms with Gasteiger partial charge < -0.3 is 9.88 Å². The number of pyridine rings is 1. The summed E-state index contributed by atoms with van der Waals surface area (Å²) < 4.78 is 1.52. The molecule has 0 saturated carbocycles. The highest BCUT2D eigenvalue weighted by atomic mass is 16.2. The summed E-state index contributed by atoms with van der Waals surface area (Å²) in [5.41, 5.74) is 4.54. The van der Waals surface area contributed by atoms with Gasteiger partial charge in [0.2, 0.25) is 0 Å². The molecule has 4 heterocycles. The number of hydrogen-bond donors (Lipinski definition) is 1. The number of fused-ring (bicyclic) bond motifs is 2. The van der Waals surface area contributed by atoms with E-state index in [1.165, 1.54) is 10.1 Å². The molecule has 0 radical (unpaired) electrons. The highest BCUT2D eigenvalue weighted by Gasteiger charge is 2.26. The second-order valence-electron chi connectivity index (χ2n) is 7.06. The Morgan fingerprint density at radius 2 is 2.04 bits per heavy atom. The lowest BCUT2D eigenvalue weighted by molar-refractivity contribution is 0.0710. The number of carbonyl (C=O) groups is 1. The Bertz CT molecular complexity index is 1140. The van der Waals surface area contributed by atoms with E-state index in [9.17, 15) is 4.79 Å². The number of aryl methyl sites for hydroxylation is 1. The van der Waals surface area contributed by atoms with Gasteiger partial charge in [-0.3, -0.25) is 4.79 Å². The van der Waals surface area contributed by atoms with Crippen molar-refractivity contribution in [3.63, 3.8) is 0 Å². The number of rotatable bonds is 2. The van der Waals surface area contributed by atoms with Crippen LogP contribution in [-0.2, 0) is 0 Å². The van der Waals surface area contributed by atoms with Crippen LogP contribution in [0, 0.1) is 6.92 Å². The minimum absolute atomic E-state index is 0.0197. The molecule has 1 aliphatic rings.